The fourth-order valence-corrected chi connectivity index (χ4v) is 6.66. The molecule has 0 fully saturated rings. The van der Waals surface area contributed by atoms with Gasteiger partial charge in [-0.25, -0.2) is 0 Å². The molecule has 0 heterocycles. The number of halogens is 3. The first-order valence-electron chi connectivity index (χ1n) is 15.4. The zero-order valence-corrected chi connectivity index (χ0v) is 31.7. The molecule has 0 amide bonds. The van der Waals surface area contributed by atoms with E-state index in [1.807, 2.05) is 133 Å². The Morgan fingerprint density at radius 1 is 0.551 bits per heavy atom. The predicted molar refractivity (Wildman–Crippen MR) is 217 cm³/mol. The third-order valence-corrected chi connectivity index (χ3v) is 9.46. The van der Waals surface area contributed by atoms with Crippen molar-refractivity contribution in [1.82, 2.24) is 0 Å². The average Bonchev–Trinajstić information content (AvgIpc) is 3.54. The number of hydrogen-bond acceptors (Lipinski definition) is 2. The van der Waals surface area contributed by atoms with Crippen LogP contribution in [-0.4, -0.2) is 19.3 Å². The monoisotopic (exact) mass is 829 g/mol. The maximum Gasteiger partial charge on any atom is 1.00 e. The summed E-state index contributed by atoms with van der Waals surface area (Å²) in [6, 6.07) is 47.6. The number of unbranched alkanes of at least 4 members (excludes halogenated alkanes) is 1. The molecule has 2 aliphatic carbocycles. The van der Waals surface area contributed by atoms with E-state index >= 15 is 0 Å². The van der Waals surface area contributed by atoms with E-state index in [9.17, 15) is 9.90 Å². The number of carbonyl (C=O) groups is 1. The summed E-state index contributed by atoms with van der Waals surface area (Å²) in [5, 5.41) is 11.6. The number of fused-ring (bicyclic) bond motifs is 6. The first kappa shape index (κ1) is 40.5. The molecule has 0 bridgehead atoms. The van der Waals surface area contributed by atoms with Gasteiger partial charge in [-0.1, -0.05) is 179 Å². The maximum absolute atomic E-state index is 12.0. The third-order valence-electron chi connectivity index (χ3n) is 7.94. The van der Waals surface area contributed by atoms with Gasteiger partial charge in [0.15, 0.2) is 5.78 Å². The van der Waals surface area contributed by atoms with Gasteiger partial charge in [0.1, 0.15) is 5.60 Å². The first-order chi connectivity index (χ1) is 22.8. The molecule has 1 unspecified atom stereocenters. The molecule has 7 heteroatoms. The van der Waals surface area contributed by atoms with Crippen LogP contribution in [0.2, 0.25) is 0 Å². The topological polar surface area (TPSA) is 37.3 Å². The summed E-state index contributed by atoms with van der Waals surface area (Å²) in [4.78, 5) is 12.0. The van der Waals surface area contributed by atoms with E-state index in [2.05, 4.69) is 73.8 Å². The van der Waals surface area contributed by atoms with Crippen LogP contribution in [0, 0.1) is 6.92 Å². The van der Waals surface area contributed by atoms with Crippen LogP contribution in [-0.2, 0) is 5.60 Å². The van der Waals surface area contributed by atoms with E-state index < -0.39 is 5.60 Å². The van der Waals surface area contributed by atoms with Gasteiger partial charge in [-0.2, -0.15) is 6.42 Å². The molecular formula is C42H38BBr3LiO2-. The molecule has 0 saturated heterocycles. The molecule has 2 nitrogen and oxygen atoms in total. The molecule has 8 rings (SSSR count). The van der Waals surface area contributed by atoms with Gasteiger partial charge in [-0.05, 0) is 64.2 Å². The molecule has 0 aromatic heterocycles. The number of ketones is 1. The Labute approximate surface area is 329 Å². The normalized spacial score (nSPS) is 13.9. The number of carbonyl (C=O) groups excluding carboxylic acids is 1. The van der Waals surface area contributed by atoms with Crippen molar-refractivity contribution in [3.63, 3.8) is 0 Å². The van der Waals surface area contributed by atoms with E-state index in [4.69, 9.17) is 0 Å². The zero-order valence-electron chi connectivity index (χ0n) is 27.0. The summed E-state index contributed by atoms with van der Waals surface area (Å²) < 4.78 is 3.06. The van der Waals surface area contributed by atoms with Crippen LogP contribution >= 0.6 is 47.8 Å². The molecule has 6 aromatic rings. The van der Waals surface area contributed by atoms with E-state index in [0.29, 0.717) is 0 Å². The minimum absolute atomic E-state index is 0. The summed E-state index contributed by atoms with van der Waals surface area (Å²) in [6.07, 6.45) is 2.28. The number of rotatable bonds is 2. The van der Waals surface area contributed by atoms with Gasteiger partial charge in [0.25, 0.3) is 0 Å². The molecule has 6 aromatic carbocycles. The van der Waals surface area contributed by atoms with Gasteiger partial charge in [0, 0.05) is 35.7 Å². The minimum atomic E-state index is -1.09. The Balaban J connectivity index is 0.000000203. The molecule has 2 aliphatic rings. The summed E-state index contributed by atoms with van der Waals surface area (Å²) in [5.41, 5.74) is 7.59. The molecule has 0 aliphatic heterocycles. The summed E-state index contributed by atoms with van der Waals surface area (Å²) in [6.45, 7) is 5.72. The Bertz CT molecular complexity index is 1980. The smallest absolute Gasteiger partial charge is 0.376 e. The summed E-state index contributed by atoms with van der Waals surface area (Å²) >= 11 is 10.2. The maximum atomic E-state index is 12.0. The van der Waals surface area contributed by atoms with Crippen molar-refractivity contribution in [2.45, 2.75) is 25.4 Å². The van der Waals surface area contributed by atoms with Crippen LogP contribution in [0.25, 0.3) is 22.3 Å². The van der Waals surface area contributed by atoms with Crippen molar-refractivity contribution < 1.29 is 28.8 Å². The molecule has 244 valence electrons. The number of aliphatic hydroxyl groups is 1. The van der Waals surface area contributed by atoms with Crippen molar-refractivity contribution in [1.29, 1.82) is 0 Å². The van der Waals surface area contributed by atoms with Gasteiger partial charge < -0.3 is 12.0 Å². The van der Waals surface area contributed by atoms with Crippen LogP contribution in [0.15, 0.2) is 159 Å². The summed E-state index contributed by atoms with van der Waals surface area (Å²) in [7, 11) is 0. The van der Waals surface area contributed by atoms with Crippen molar-refractivity contribution in [3.8, 4) is 22.3 Å². The second kappa shape index (κ2) is 18.9. The van der Waals surface area contributed by atoms with Crippen molar-refractivity contribution in [3.05, 3.63) is 194 Å². The largest absolute Gasteiger partial charge is 1.00 e. The number of benzene rings is 6. The Morgan fingerprint density at radius 3 is 1.57 bits per heavy atom. The van der Waals surface area contributed by atoms with Gasteiger partial charge in [-0.15, -0.1) is 0 Å². The van der Waals surface area contributed by atoms with Gasteiger partial charge in [0.05, 0.1) is 0 Å². The molecule has 1 N–H and O–H groups in total. The minimum Gasteiger partial charge on any atom is -0.376 e. The van der Waals surface area contributed by atoms with E-state index in [1.165, 1.54) is 6.42 Å². The summed E-state index contributed by atoms with van der Waals surface area (Å²) in [5.74, 6) is 0.127. The molecular weight excluding hydrogens is 794 g/mol. The Kier molecular flexibility index (Phi) is 15.6. The SMILES string of the molecule is Brc1ccccc1.O=C1c2ccccc2-c2ccc(Br)cc21.OC1(c2ccccc2)c2ccccc2-c2ccc(Br)cc21.[BH4-].[CH2-]CCC.[Li+]. The predicted octanol–water partition coefficient (Wildman–Crippen LogP) is 8.00. The quantitative estimate of drug-likeness (QED) is 0.142. The van der Waals surface area contributed by atoms with E-state index in [-0.39, 0.29) is 33.1 Å². The van der Waals surface area contributed by atoms with Crippen LogP contribution in [0.4, 0.5) is 0 Å². The standard InChI is InChI=1S/C19H13BrO.C13H7BrO.C6H5Br.C4H9.BH4.Li/c20-14-10-11-16-15-8-4-5-9-17(15)19(21,18(16)12-14)13-6-2-1-3-7-13;14-8-5-6-10-9-3-1-2-4-11(9)13(15)12(10)7-8;7-6-4-2-1-3-5-6;1-3-4-2;;/h1-12,21H;1-7H;1-5H;1,3-4H2,2H3;1H4;/q;;;2*-1;+1. The van der Waals surface area contributed by atoms with Crippen LogP contribution < -0.4 is 18.9 Å². The van der Waals surface area contributed by atoms with Crippen LogP contribution in [0.3, 0.4) is 0 Å². The fraction of sp³-hybridized carbons (Fsp3) is 0.0952. The second-order valence-electron chi connectivity index (χ2n) is 11.0. The molecule has 0 spiro atoms. The average molecular weight is 832 g/mol. The van der Waals surface area contributed by atoms with Crippen LogP contribution in [0.1, 0.15) is 52.4 Å². The fourth-order valence-electron chi connectivity index (χ4n) is 5.63. The van der Waals surface area contributed by atoms with Gasteiger partial charge >= 0.3 is 18.9 Å². The molecule has 0 saturated carbocycles. The molecule has 49 heavy (non-hydrogen) atoms. The Morgan fingerprint density at radius 2 is 1.00 bits per heavy atom. The van der Waals surface area contributed by atoms with Crippen LogP contribution in [0.5, 0.6) is 0 Å². The first-order valence-corrected chi connectivity index (χ1v) is 17.8. The van der Waals surface area contributed by atoms with E-state index in [0.717, 1.165) is 69.9 Å². The number of hydrogen-bond donors (Lipinski definition) is 1. The van der Waals surface area contributed by atoms with E-state index in [1.54, 1.807) is 0 Å². The third kappa shape index (κ3) is 9.05. The van der Waals surface area contributed by atoms with Gasteiger partial charge in [-0.3, -0.25) is 4.79 Å². The molecule has 0 radical (unpaired) electrons. The molecule has 1 atom stereocenters. The zero-order chi connectivity index (χ0) is 33.4. The Hall–Kier alpha value is -2.95. The van der Waals surface area contributed by atoms with Crippen molar-refractivity contribution in [2.75, 3.05) is 0 Å². The van der Waals surface area contributed by atoms with Crippen molar-refractivity contribution in [2.24, 2.45) is 0 Å². The van der Waals surface area contributed by atoms with Crippen molar-refractivity contribution >= 4 is 62.0 Å². The van der Waals surface area contributed by atoms with Gasteiger partial charge in [0.2, 0.25) is 0 Å². The second-order valence-corrected chi connectivity index (χ2v) is 13.8.